The molecule has 0 fully saturated rings. The average molecular weight is 568 g/mol. The van der Waals surface area contributed by atoms with E-state index in [1.54, 1.807) is 12.1 Å². The van der Waals surface area contributed by atoms with Crippen LogP contribution in [0.5, 0.6) is 0 Å². The highest BCUT2D eigenvalue weighted by Gasteiger charge is 2.20. The fourth-order valence-electron chi connectivity index (χ4n) is 3.73. The van der Waals surface area contributed by atoms with Crippen molar-refractivity contribution in [1.82, 2.24) is 0 Å². The van der Waals surface area contributed by atoms with Gasteiger partial charge in [0.25, 0.3) is 11.4 Å². The molecule has 4 rings (SSSR count). The summed E-state index contributed by atoms with van der Waals surface area (Å²) in [6, 6.07) is 24.8. The number of hydrogen-bond acceptors (Lipinski definition) is 4. The van der Waals surface area contributed by atoms with E-state index in [1.807, 2.05) is 60.7 Å². The molecule has 0 bridgehead atoms. The molecular formula is C25H16Br2N2O4. The Morgan fingerprint density at radius 3 is 1.33 bits per heavy atom. The van der Waals surface area contributed by atoms with E-state index >= 15 is 0 Å². The third-order valence-electron chi connectivity index (χ3n) is 5.25. The molecule has 0 amide bonds. The van der Waals surface area contributed by atoms with Gasteiger partial charge in [0.05, 0.1) is 21.0 Å². The Labute approximate surface area is 206 Å². The summed E-state index contributed by atoms with van der Waals surface area (Å²) in [4.78, 5) is 22.8. The Morgan fingerprint density at radius 2 is 0.970 bits per heavy atom. The lowest BCUT2D eigenvalue weighted by atomic mass is 9.96. The Bertz CT molecular complexity index is 1280. The van der Waals surface area contributed by atoms with Gasteiger partial charge in [0, 0.05) is 32.2 Å². The largest absolute Gasteiger partial charge is 0.277 e. The standard InChI is InChI=1S/C25H16Br2N2O4/c26-22-7-3-1-5-18(22)20-11-9-16(14-24(20)28(30)31)13-17-10-12-21(25(15-17)29(32)33)19-6-2-4-8-23(19)27/h1-12,14-15H,13H2. The first-order valence-corrected chi connectivity index (χ1v) is 11.5. The maximum Gasteiger partial charge on any atom is 0.277 e. The molecule has 8 heteroatoms. The third-order valence-corrected chi connectivity index (χ3v) is 6.64. The summed E-state index contributed by atoms with van der Waals surface area (Å²) in [5.74, 6) is 0. The molecule has 0 saturated carbocycles. The van der Waals surface area contributed by atoms with Gasteiger partial charge in [-0.05, 0) is 41.8 Å². The maximum atomic E-state index is 11.8. The van der Waals surface area contributed by atoms with E-state index in [-0.39, 0.29) is 11.4 Å². The molecule has 33 heavy (non-hydrogen) atoms. The number of halogens is 2. The number of nitro benzene ring substituents is 2. The van der Waals surface area contributed by atoms with Crippen LogP contribution in [0.4, 0.5) is 11.4 Å². The first kappa shape index (κ1) is 22.8. The van der Waals surface area contributed by atoms with Crippen molar-refractivity contribution in [2.24, 2.45) is 0 Å². The van der Waals surface area contributed by atoms with Crippen LogP contribution in [-0.4, -0.2) is 9.85 Å². The van der Waals surface area contributed by atoms with Crippen LogP contribution in [0.1, 0.15) is 11.1 Å². The summed E-state index contributed by atoms with van der Waals surface area (Å²) < 4.78 is 1.53. The fourth-order valence-corrected chi connectivity index (χ4v) is 4.72. The minimum atomic E-state index is -0.406. The lowest BCUT2D eigenvalue weighted by Crippen LogP contribution is -1.98. The molecule has 4 aromatic rings. The SMILES string of the molecule is O=[N+]([O-])c1cc(Cc2ccc(-c3ccccc3Br)c([N+](=O)[O-])c2)ccc1-c1ccccc1Br. The van der Waals surface area contributed by atoms with E-state index in [0.717, 1.165) is 20.1 Å². The summed E-state index contributed by atoms with van der Waals surface area (Å²) in [7, 11) is 0. The molecule has 0 aliphatic heterocycles. The molecule has 6 nitrogen and oxygen atoms in total. The van der Waals surface area contributed by atoms with Crippen molar-refractivity contribution in [2.45, 2.75) is 6.42 Å². The molecule has 0 heterocycles. The van der Waals surface area contributed by atoms with Crippen LogP contribution >= 0.6 is 31.9 Å². The van der Waals surface area contributed by atoms with Crippen LogP contribution in [-0.2, 0) is 6.42 Å². The van der Waals surface area contributed by atoms with Crippen molar-refractivity contribution in [3.05, 3.63) is 125 Å². The van der Waals surface area contributed by atoms with E-state index < -0.39 is 9.85 Å². The quantitative estimate of drug-likeness (QED) is 0.175. The molecular weight excluding hydrogens is 552 g/mol. The van der Waals surface area contributed by atoms with Gasteiger partial charge < -0.3 is 0 Å². The predicted octanol–water partition coefficient (Wildman–Crippen LogP) is 7.95. The van der Waals surface area contributed by atoms with E-state index in [2.05, 4.69) is 31.9 Å². The van der Waals surface area contributed by atoms with Gasteiger partial charge in [-0.1, -0.05) is 80.4 Å². The second kappa shape index (κ2) is 9.64. The van der Waals surface area contributed by atoms with Crippen molar-refractivity contribution >= 4 is 43.2 Å². The van der Waals surface area contributed by atoms with Crippen LogP contribution in [0.25, 0.3) is 22.3 Å². The van der Waals surface area contributed by atoms with Gasteiger partial charge in [0.2, 0.25) is 0 Å². The molecule has 0 aliphatic carbocycles. The lowest BCUT2D eigenvalue weighted by molar-refractivity contribution is -0.384. The monoisotopic (exact) mass is 566 g/mol. The maximum absolute atomic E-state index is 11.8. The number of benzene rings is 4. The summed E-state index contributed by atoms with van der Waals surface area (Å²) in [6.45, 7) is 0. The zero-order valence-corrected chi connectivity index (χ0v) is 20.2. The van der Waals surface area contributed by atoms with Crippen molar-refractivity contribution in [2.75, 3.05) is 0 Å². The first-order valence-electron chi connectivity index (χ1n) is 9.89. The molecule has 0 aliphatic rings. The summed E-state index contributed by atoms with van der Waals surface area (Å²) in [5, 5.41) is 23.6. The highest BCUT2D eigenvalue weighted by molar-refractivity contribution is 9.11. The molecule has 0 N–H and O–H groups in total. The van der Waals surface area contributed by atoms with E-state index in [9.17, 15) is 20.2 Å². The number of hydrogen-bond donors (Lipinski definition) is 0. The molecule has 0 radical (unpaired) electrons. The summed E-state index contributed by atoms with van der Waals surface area (Å²) >= 11 is 6.90. The van der Waals surface area contributed by atoms with Gasteiger partial charge >= 0.3 is 0 Å². The smallest absolute Gasteiger partial charge is 0.258 e. The van der Waals surface area contributed by atoms with Gasteiger partial charge in [-0.15, -0.1) is 0 Å². The van der Waals surface area contributed by atoms with Crippen LogP contribution < -0.4 is 0 Å². The topological polar surface area (TPSA) is 86.3 Å². The Kier molecular flexibility index (Phi) is 6.67. The molecule has 0 aromatic heterocycles. The van der Waals surface area contributed by atoms with E-state index in [1.165, 1.54) is 12.1 Å². The predicted molar refractivity (Wildman–Crippen MR) is 135 cm³/mol. The second-order valence-corrected chi connectivity index (χ2v) is 9.06. The van der Waals surface area contributed by atoms with Gasteiger partial charge in [-0.3, -0.25) is 20.2 Å². The van der Waals surface area contributed by atoms with E-state index in [0.29, 0.717) is 28.7 Å². The van der Waals surface area contributed by atoms with Crippen molar-refractivity contribution < 1.29 is 9.85 Å². The first-order chi connectivity index (χ1) is 15.8. The van der Waals surface area contributed by atoms with Crippen molar-refractivity contribution in [3.8, 4) is 22.3 Å². The van der Waals surface area contributed by atoms with Crippen molar-refractivity contribution in [1.29, 1.82) is 0 Å². The second-order valence-electron chi connectivity index (χ2n) is 7.35. The van der Waals surface area contributed by atoms with Crippen LogP contribution in [0.3, 0.4) is 0 Å². The van der Waals surface area contributed by atoms with Gasteiger partial charge in [-0.2, -0.15) is 0 Å². The Morgan fingerprint density at radius 1 is 0.576 bits per heavy atom. The minimum Gasteiger partial charge on any atom is -0.258 e. The number of nitrogens with zero attached hydrogens (tertiary/aromatic N) is 2. The number of nitro groups is 2. The van der Waals surface area contributed by atoms with Gasteiger partial charge in [0.15, 0.2) is 0 Å². The van der Waals surface area contributed by atoms with Gasteiger partial charge in [-0.25, -0.2) is 0 Å². The third kappa shape index (κ3) is 4.86. The normalized spacial score (nSPS) is 10.7. The Hall–Kier alpha value is -3.36. The summed E-state index contributed by atoms with van der Waals surface area (Å²) in [5.41, 5.74) is 3.82. The lowest BCUT2D eigenvalue weighted by Gasteiger charge is -2.10. The molecule has 0 unspecified atom stereocenters. The van der Waals surface area contributed by atoms with E-state index in [4.69, 9.17) is 0 Å². The van der Waals surface area contributed by atoms with Crippen molar-refractivity contribution in [3.63, 3.8) is 0 Å². The molecule has 164 valence electrons. The van der Waals surface area contributed by atoms with Crippen LogP contribution in [0.2, 0.25) is 0 Å². The Balaban J connectivity index is 1.72. The molecule has 0 spiro atoms. The highest BCUT2D eigenvalue weighted by Crippen LogP contribution is 2.37. The van der Waals surface area contributed by atoms with Crippen LogP contribution in [0, 0.1) is 20.2 Å². The average Bonchev–Trinajstić information content (AvgIpc) is 2.80. The molecule has 4 aromatic carbocycles. The summed E-state index contributed by atoms with van der Waals surface area (Å²) in [6.07, 6.45) is 0.328. The molecule has 0 saturated heterocycles. The molecule has 0 atom stereocenters. The zero-order chi connectivity index (χ0) is 23.5. The van der Waals surface area contributed by atoms with Crippen LogP contribution in [0.15, 0.2) is 93.9 Å². The zero-order valence-electron chi connectivity index (χ0n) is 17.1. The highest BCUT2D eigenvalue weighted by atomic mass is 79.9. The van der Waals surface area contributed by atoms with Gasteiger partial charge in [0.1, 0.15) is 0 Å². The fraction of sp³-hybridized carbons (Fsp3) is 0.0400. The number of rotatable bonds is 6. The minimum absolute atomic E-state index is 0.0151.